The fourth-order valence-electron chi connectivity index (χ4n) is 1.19. The van der Waals surface area contributed by atoms with Crippen LogP contribution < -0.4 is 5.32 Å². The Hall–Kier alpha value is -1.88. The first-order valence-corrected chi connectivity index (χ1v) is 5.20. The van der Waals surface area contributed by atoms with Gasteiger partial charge in [0.25, 0.3) is 0 Å². The molecule has 0 aliphatic heterocycles. The van der Waals surface area contributed by atoms with Gasteiger partial charge in [0.2, 0.25) is 5.91 Å². The van der Waals surface area contributed by atoms with E-state index in [0.29, 0.717) is 5.69 Å². The minimum atomic E-state index is -1.09. The molecule has 1 amide bonds. The lowest BCUT2D eigenvalue weighted by molar-refractivity contribution is -0.150. The summed E-state index contributed by atoms with van der Waals surface area (Å²) in [6.45, 7) is 3.02. The molecule has 5 heteroatoms. The number of carboxylic acids is 1. The van der Waals surface area contributed by atoms with Crippen LogP contribution in [0, 0.1) is 6.92 Å². The van der Waals surface area contributed by atoms with Crippen molar-refractivity contribution in [3.63, 3.8) is 0 Å². The van der Waals surface area contributed by atoms with Crippen LogP contribution in [0.4, 0.5) is 5.69 Å². The molecule has 2 N–H and O–H groups in total. The lowest BCUT2D eigenvalue weighted by atomic mass is 10.2. The van der Waals surface area contributed by atoms with Crippen molar-refractivity contribution in [1.29, 1.82) is 0 Å². The second-order valence-electron chi connectivity index (χ2n) is 3.71. The molecule has 17 heavy (non-hydrogen) atoms. The largest absolute Gasteiger partial charge is 0.479 e. The Bertz CT molecular complexity index is 417. The van der Waals surface area contributed by atoms with Crippen molar-refractivity contribution in [2.75, 3.05) is 11.9 Å². The van der Waals surface area contributed by atoms with Crippen molar-refractivity contribution in [3.05, 3.63) is 29.8 Å². The minimum absolute atomic E-state index is 0.276. The molecule has 1 atom stereocenters. The molecule has 1 aromatic rings. The smallest absolute Gasteiger partial charge is 0.332 e. The second-order valence-corrected chi connectivity index (χ2v) is 3.71. The maximum Gasteiger partial charge on any atom is 0.332 e. The summed E-state index contributed by atoms with van der Waals surface area (Å²) in [4.78, 5) is 21.9. The molecule has 0 aliphatic carbocycles. The number of rotatable bonds is 5. The van der Waals surface area contributed by atoms with Gasteiger partial charge in [-0.25, -0.2) is 4.79 Å². The highest BCUT2D eigenvalue weighted by molar-refractivity contribution is 5.91. The molecular weight excluding hydrogens is 222 g/mol. The van der Waals surface area contributed by atoms with E-state index in [0.717, 1.165) is 5.56 Å². The predicted molar refractivity (Wildman–Crippen MR) is 62.9 cm³/mol. The van der Waals surface area contributed by atoms with E-state index < -0.39 is 12.1 Å². The van der Waals surface area contributed by atoms with Crippen LogP contribution in [0.3, 0.4) is 0 Å². The summed E-state index contributed by atoms with van der Waals surface area (Å²) in [7, 11) is 0. The van der Waals surface area contributed by atoms with Crippen LogP contribution in [0.15, 0.2) is 24.3 Å². The van der Waals surface area contributed by atoms with E-state index in [4.69, 9.17) is 9.84 Å². The highest BCUT2D eigenvalue weighted by Gasteiger charge is 2.13. The van der Waals surface area contributed by atoms with Crippen molar-refractivity contribution in [2.24, 2.45) is 0 Å². The number of aliphatic carboxylic acids is 1. The zero-order chi connectivity index (χ0) is 12.8. The van der Waals surface area contributed by atoms with Gasteiger partial charge in [-0.15, -0.1) is 0 Å². The van der Waals surface area contributed by atoms with E-state index in [1.54, 1.807) is 6.07 Å². The number of benzene rings is 1. The highest BCUT2D eigenvalue weighted by atomic mass is 16.5. The summed E-state index contributed by atoms with van der Waals surface area (Å²) >= 11 is 0. The van der Waals surface area contributed by atoms with E-state index in [1.165, 1.54) is 6.92 Å². The van der Waals surface area contributed by atoms with Crippen LogP contribution in [-0.2, 0) is 14.3 Å². The van der Waals surface area contributed by atoms with Crippen molar-refractivity contribution in [3.8, 4) is 0 Å². The number of nitrogens with one attached hydrogen (secondary N) is 1. The lowest BCUT2D eigenvalue weighted by Crippen LogP contribution is -2.26. The fourth-order valence-corrected chi connectivity index (χ4v) is 1.19. The third kappa shape index (κ3) is 4.65. The standard InChI is InChI=1S/C12H15NO4/c1-8-4-3-5-10(6-8)13-11(14)7-17-9(2)12(15)16/h3-6,9H,7H2,1-2H3,(H,13,14)(H,15,16). The third-order valence-electron chi connectivity index (χ3n) is 2.11. The summed E-state index contributed by atoms with van der Waals surface area (Å²) in [6, 6.07) is 7.31. The molecule has 92 valence electrons. The molecule has 0 bridgehead atoms. The summed E-state index contributed by atoms with van der Waals surface area (Å²) in [5, 5.41) is 11.2. The molecule has 1 aromatic carbocycles. The van der Waals surface area contributed by atoms with Gasteiger partial charge in [0, 0.05) is 5.69 Å². The van der Waals surface area contributed by atoms with Crippen LogP contribution in [0.25, 0.3) is 0 Å². The molecule has 0 spiro atoms. The summed E-state index contributed by atoms with van der Waals surface area (Å²) in [5.74, 6) is -1.46. The molecule has 1 rings (SSSR count). The van der Waals surface area contributed by atoms with Crippen molar-refractivity contribution < 1.29 is 19.4 Å². The van der Waals surface area contributed by atoms with Gasteiger partial charge in [0.1, 0.15) is 6.61 Å². The number of amides is 1. The van der Waals surface area contributed by atoms with Gasteiger partial charge in [-0.1, -0.05) is 12.1 Å². The van der Waals surface area contributed by atoms with E-state index in [9.17, 15) is 9.59 Å². The average molecular weight is 237 g/mol. The third-order valence-corrected chi connectivity index (χ3v) is 2.11. The van der Waals surface area contributed by atoms with E-state index >= 15 is 0 Å². The first-order chi connectivity index (χ1) is 7.99. The first-order valence-electron chi connectivity index (χ1n) is 5.20. The average Bonchev–Trinajstić information content (AvgIpc) is 2.25. The Morgan fingerprint density at radius 2 is 2.18 bits per heavy atom. The maximum absolute atomic E-state index is 11.4. The molecular formula is C12H15NO4. The van der Waals surface area contributed by atoms with Gasteiger partial charge in [-0.05, 0) is 31.5 Å². The molecule has 0 saturated heterocycles. The maximum atomic E-state index is 11.4. The number of carbonyl (C=O) groups is 2. The highest BCUT2D eigenvalue weighted by Crippen LogP contribution is 2.09. The Labute approximate surface area is 99.4 Å². The van der Waals surface area contributed by atoms with Crippen LogP contribution in [0.5, 0.6) is 0 Å². The molecule has 0 radical (unpaired) electrons. The number of hydrogen-bond acceptors (Lipinski definition) is 3. The summed E-state index contributed by atoms with van der Waals surface area (Å²) < 4.78 is 4.86. The van der Waals surface area contributed by atoms with Gasteiger partial charge in [-0.3, -0.25) is 4.79 Å². The predicted octanol–water partition coefficient (Wildman–Crippen LogP) is 1.42. The Morgan fingerprint density at radius 3 is 2.76 bits per heavy atom. The van der Waals surface area contributed by atoms with Crippen LogP contribution in [0.1, 0.15) is 12.5 Å². The summed E-state index contributed by atoms with van der Waals surface area (Å²) in [6.07, 6.45) is -0.988. The van der Waals surface area contributed by atoms with Gasteiger partial charge < -0.3 is 15.2 Å². The van der Waals surface area contributed by atoms with Gasteiger partial charge >= 0.3 is 5.97 Å². The molecule has 1 unspecified atom stereocenters. The number of hydrogen-bond donors (Lipinski definition) is 2. The number of carbonyl (C=O) groups excluding carboxylic acids is 1. The second kappa shape index (κ2) is 6.00. The molecule has 0 aromatic heterocycles. The van der Waals surface area contributed by atoms with Crippen molar-refractivity contribution in [2.45, 2.75) is 20.0 Å². The monoisotopic (exact) mass is 237 g/mol. The zero-order valence-corrected chi connectivity index (χ0v) is 9.77. The number of carboxylic acid groups (broad SMARTS) is 1. The zero-order valence-electron chi connectivity index (χ0n) is 9.77. The van der Waals surface area contributed by atoms with E-state index in [-0.39, 0.29) is 12.5 Å². The van der Waals surface area contributed by atoms with Gasteiger partial charge in [0.15, 0.2) is 6.10 Å². The van der Waals surface area contributed by atoms with Crippen LogP contribution >= 0.6 is 0 Å². The fraction of sp³-hybridized carbons (Fsp3) is 0.333. The first kappa shape index (κ1) is 13.2. The summed E-state index contributed by atoms with van der Waals surface area (Å²) in [5.41, 5.74) is 1.70. The normalized spacial score (nSPS) is 11.9. The molecule has 0 heterocycles. The molecule has 5 nitrogen and oxygen atoms in total. The molecule has 0 aliphatic rings. The number of anilines is 1. The van der Waals surface area contributed by atoms with Gasteiger partial charge in [0.05, 0.1) is 0 Å². The Morgan fingerprint density at radius 1 is 1.47 bits per heavy atom. The SMILES string of the molecule is Cc1cccc(NC(=O)COC(C)C(=O)O)c1. The topological polar surface area (TPSA) is 75.6 Å². The van der Waals surface area contributed by atoms with E-state index in [1.807, 2.05) is 25.1 Å². The van der Waals surface area contributed by atoms with Crippen molar-refractivity contribution >= 4 is 17.6 Å². The van der Waals surface area contributed by atoms with Crippen LogP contribution in [-0.4, -0.2) is 29.7 Å². The van der Waals surface area contributed by atoms with E-state index in [2.05, 4.69) is 5.32 Å². The molecule has 0 saturated carbocycles. The Balaban J connectivity index is 2.42. The quantitative estimate of drug-likeness (QED) is 0.812. The lowest BCUT2D eigenvalue weighted by Gasteiger charge is -2.09. The molecule has 0 fully saturated rings. The van der Waals surface area contributed by atoms with Crippen molar-refractivity contribution in [1.82, 2.24) is 0 Å². The minimum Gasteiger partial charge on any atom is -0.479 e. The number of aryl methyl sites for hydroxylation is 1. The van der Waals surface area contributed by atoms with Crippen LogP contribution in [0.2, 0.25) is 0 Å². The van der Waals surface area contributed by atoms with Gasteiger partial charge in [-0.2, -0.15) is 0 Å². The number of ether oxygens (including phenoxy) is 1. The Kier molecular flexibility index (Phi) is 4.66.